The number of carbonyl (C=O) groups excluding carboxylic acids is 1. The monoisotopic (exact) mass is 333 g/mol. The quantitative estimate of drug-likeness (QED) is 0.771. The number of nitrogens with zero attached hydrogens (tertiary/aromatic N) is 2. The summed E-state index contributed by atoms with van der Waals surface area (Å²) in [7, 11) is 3.18. The van der Waals surface area contributed by atoms with Crippen molar-refractivity contribution in [2.75, 3.05) is 14.2 Å². The Labute approximate surface area is 135 Å². The van der Waals surface area contributed by atoms with Crippen molar-refractivity contribution < 1.29 is 13.9 Å². The SMILES string of the molecule is COCc1ccc(C(=O)N(C)Cc2nc3ccsc3c(=O)[nH]2)o1. The molecule has 8 heteroatoms. The Hall–Kier alpha value is -2.45. The van der Waals surface area contributed by atoms with Gasteiger partial charge in [0.1, 0.15) is 22.9 Å². The predicted octanol–water partition coefficient (Wildman–Crippen LogP) is 2.00. The van der Waals surface area contributed by atoms with Gasteiger partial charge >= 0.3 is 0 Å². The lowest BCUT2D eigenvalue weighted by molar-refractivity contribution is 0.0742. The number of hydrogen-bond donors (Lipinski definition) is 1. The van der Waals surface area contributed by atoms with E-state index in [-0.39, 0.29) is 23.8 Å². The van der Waals surface area contributed by atoms with Gasteiger partial charge in [-0.25, -0.2) is 4.98 Å². The molecule has 1 amide bonds. The van der Waals surface area contributed by atoms with Crippen LogP contribution in [-0.4, -0.2) is 34.9 Å². The predicted molar refractivity (Wildman–Crippen MR) is 85.5 cm³/mol. The van der Waals surface area contributed by atoms with Crippen LogP contribution in [0.5, 0.6) is 0 Å². The molecule has 0 saturated heterocycles. The third-order valence-electron chi connectivity index (χ3n) is 3.26. The summed E-state index contributed by atoms with van der Waals surface area (Å²) in [5.41, 5.74) is 0.441. The Morgan fingerprint density at radius 1 is 1.43 bits per heavy atom. The Kier molecular flexibility index (Phi) is 4.26. The molecule has 0 unspecified atom stereocenters. The van der Waals surface area contributed by atoms with Gasteiger partial charge in [-0.05, 0) is 23.6 Å². The van der Waals surface area contributed by atoms with Gasteiger partial charge in [-0.15, -0.1) is 11.3 Å². The van der Waals surface area contributed by atoms with Gasteiger partial charge in [0.15, 0.2) is 5.76 Å². The zero-order valence-electron chi connectivity index (χ0n) is 12.7. The molecule has 3 rings (SSSR count). The number of fused-ring (bicyclic) bond motifs is 1. The van der Waals surface area contributed by atoms with Crippen LogP contribution in [-0.2, 0) is 17.9 Å². The highest BCUT2D eigenvalue weighted by Gasteiger charge is 2.17. The molecule has 0 atom stereocenters. The third-order valence-corrected chi connectivity index (χ3v) is 4.16. The van der Waals surface area contributed by atoms with Crippen LogP contribution in [0.25, 0.3) is 10.2 Å². The summed E-state index contributed by atoms with van der Waals surface area (Å²) in [5.74, 6) is 0.940. The molecule has 0 bridgehead atoms. The van der Waals surface area contributed by atoms with Crippen molar-refractivity contribution in [3.8, 4) is 0 Å². The van der Waals surface area contributed by atoms with Crippen LogP contribution >= 0.6 is 11.3 Å². The van der Waals surface area contributed by atoms with Gasteiger partial charge in [0.05, 0.1) is 12.1 Å². The molecule has 0 spiro atoms. The number of furan rings is 1. The molecule has 0 aliphatic rings. The number of nitrogens with one attached hydrogen (secondary N) is 1. The number of ether oxygens (including phenoxy) is 1. The van der Waals surface area contributed by atoms with Gasteiger partial charge in [0, 0.05) is 14.2 Å². The molecule has 3 heterocycles. The van der Waals surface area contributed by atoms with Gasteiger partial charge in [-0.2, -0.15) is 0 Å². The molecular formula is C15H15N3O4S. The smallest absolute Gasteiger partial charge is 0.289 e. The second-order valence-corrected chi connectivity index (χ2v) is 5.92. The molecule has 3 aromatic heterocycles. The second-order valence-electron chi connectivity index (χ2n) is 5.01. The average molecular weight is 333 g/mol. The number of thiophene rings is 1. The van der Waals surface area contributed by atoms with Gasteiger partial charge in [0.2, 0.25) is 0 Å². The number of amides is 1. The van der Waals surface area contributed by atoms with Crippen molar-refractivity contribution in [2.45, 2.75) is 13.2 Å². The van der Waals surface area contributed by atoms with E-state index in [4.69, 9.17) is 9.15 Å². The summed E-state index contributed by atoms with van der Waals surface area (Å²) in [4.78, 5) is 32.8. The van der Waals surface area contributed by atoms with Crippen molar-refractivity contribution in [2.24, 2.45) is 0 Å². The van der Waals surface area contributed by atoms with E-state index in [0.717, 1.165) is 0 Å². The summed E-state index contributed by atoms with van der Waals surface area (Å²) in [6.07, 6.45) is 0. The fraction of sp³-hybridized carbons (Fsp3) is 0.267. The van der Waals surface area contributed by atoms with E-state index in [2.05, 4.69) is 9.97 Å². The summed E-state index contributed by atoms with van der Waals surface area (Å²) in [6, 6.07) is 5.08. The molecule has 1 N–H and O–H groups in total. The van der Waals surface area contributed by atoms with Crippen LogP contribution in [0.3, 0.4) is 0 Å². The number of methoxy groups -OCH3 is 1. The van der Waals surface area contributed by atoms with E-state index < -0.39 is 0 Å². The molecule has 0 aliphatic heterocycles. The van der Waals surface area contributed by atoms with E-state index in [1.54, 1.807) is 32.4 Å². The molecule has 3 aromatic rings. The maximum atomic E-state index is 12.3. The van der Waals surface area contributed by atoms with Crippen molar-refractivity contribution in [1.29, 1.82) is 0 Å². The summed E-state index contributed by atoms with van der Waals surface area (Å²) in [6.45, 7) is 0.487. The van der Waals surface area contributed by atoms with Gasteiger partial charge < -0.3 is 19.0 Å². The Morgan fingerprint density at radius 3 is 3.04 bits per heavy atom. The Balaban J connectivity index is 1.77. The summed E-state index contributed by atoms with van der Waals surface area (Å²) in [5, 5.41) is 1.81. The van der Waals surface area contributed by atoms with Crippen LogP contribution in [0.2, 0.25) is 0 Å². The molecule has 0 radical (unpaired) electrons. The first-order valence-electron chi connectivity index (χ1n) is 6.88. The van der Waals surface area contributed by atoms with Crippen molar-refractivity contribution in [3.63, 3.8) is 0 Å². The van der Waals surface area contributed by atoms with Crippen LogP contribution in [0.15, 0.2) is 32.8 Å². The van der Waals surface area contributed by atoms with Gasteiger partial charge in [-0.1, -0.05) is 0 Å². The topological polar surface area (TPSA) is 88.4 Å². The van der Waals surface area contributed by atoms with Crippen molar-refractivity contribution >= 4 is 27.5 Å². The van der Waals surface area contributed by atoms with E-state index in [1.807, 2.05) is 5.38 Å². The second kappa shape index (κ2) is 6.35. The lowest BCUT2D eigenvalue weighted by Gasteiger charge is -2.14. The minimum absolute atomic E-state index is 0.181. The minimum Gasteiger partial charge on any atom is -0.453 e. The zero-order valence-corrected chi connectivity index (χ0v) is 13.5. The van der Waals surface area contributed by atoms with Crippen molar-refractivity contribution in [3.05, 3.63) is 51.3 Å². The highest BCUT2D eigenvalue weighted by atomic mass is 32.1. The number of aromatic amines is 1. The normalized spacial score (nSPS) is 11.0. The fourth-order valence-corrected chi connectivity index (χ4v) is 2.92. The molecule has 7 nitrogen and oxygen atoms in total. The first-order valence-corrected chi connectivity index (χ1v) is 7.76. The number of rotatable bonds is 5. The summed E-state index contributed by atoms with van der Waals surface area (Å²) < 4.78 is 11.0. The maximum Gasteiger partial charge on any atom is 0.289 e. The van der Waals surface area contributed by atoms with Crippen LogP contribution in [0, 0.1) is 0 Å². The third kappa shape index (κ3) is 3.17. The van der Waals surface area contributed by atoms with Crippen LogP contribution in [0.1, 0.15) is 22.1 Å². The highest BCUT2D eigenvalue weighted by Crippen LogP contribution is 2.15. The van der Waals surface area contributed by atoms with Gasteiger partial charge in [0.25, 0.3) is 11.5 Å². The zero-order chi connectivity index (χ0) is 16.4. The Morgan fingerprint density at radius 2 is 2.26 bits per heavy atom. The fourth-order valence-electron chi connectivity index (χ4n) is 2.19. The molecule has 120 valence electrons. The lowest BCUT2D eigenvalue weighted by Crippen LogP contribution is -2.28. The largest absolute Gasteiger partial charge is 0.453 e. The lowest BCUT2D eigenvalue weighted by atomic mass is 10.3. The minimum atomic E-state index is -0.291. The molecule has 0 aliphatic carbocycles. The Bertz CT molecular complexity index is 895. The van der Waals surface area contributed by atoms with Crippen molar-refractivity contribution in [1.82, 2.24) is 14.9 Å². The summed E-state index contributed by atoms with van der Waals surface area (Å²) >= 11 is 1.34. The number of H-pyrrole nitrogens is 1. The van der Waals surface area contributed by atoms with E-state index in [9.17, 15) is 9.59 Å². The van der Waals surface area contributed by atoms with Crippen LogP contribution in [0.4, 0.5) is 0 Å². The first kappa shape index (κ1) is 15.4. The molecular weight excluding hydrogens is 318 g/mol. The maximum absolute atomic E-state index is 12.3. The average Bonchev–Trinajstić information content (AvgIpc) is 3.16. The van der Waals surface area contributed by atoms with Gasteiger partial charge in [-0.3, -0.25) is 9.59 Å². The molecule has 0 aromatic carbocycles. The number of aromatic nitrogens is 2. The first-order chi connectivity index (χ1) is 11.1. The van der Waals surface area contributed by atoms with E-state index in [0.29, 0.717) is 28.4 Å². The number of carbonyl (C=O) groups is 1. The van der Waals surface area contributed by atoms with E-state index >= 15 is 0 Å². The van der Waals surface area contributed by atoms with Crippen LogP contribution < -0.4 is 5.56 Å². The molecule has 0 fully saturated rings. The highest BCUT2D eigenvalue weighted by molar-refractivity contribution is 7.17. The molecule has 0 saturated carbocycles. The van der Waals surface area contributed by atoms with E-state index in [1.165, 1.54) is 16.2 Å². The number of hydrogen-bond acceptors (Lipinski definition) is 6. The molecule has 23 heavy (non-hydrogen) atoms. The standard InChI is InChI=1S/C15H15N3O4S/c1-18(15(20)11-4-3-9(22-11)8-21-2)7-12-16-10-5-6-23-13(10)14(19)17-12/h3-6H,7-8H2,1-2H3,(H,16,17,19).